The van der Waals surface area contributed by atoms with Crippen LogP contribution >= 0.6 is 0 Å². The van der Waals surface area contributed by atoms with Gasteiger partial charge < -0.3 is 5.73 Å². The van der Waals surface area contributed by atoms with Crippen LogP contribution in [0.15, 0.2) is 18.2 Å². The topological polar surface area (TPSA) is 55.1 Å². The van der Waals surface area contributed by atoms with Gasteiger partial charge in [0.2, 0.25) is 5.91 Å². The maximum atomic E-state index is 13.1. The Kier molecular flexibility index (Phi) is 4.14. The molecule has 0 saturated heterocycles. The molecule has 1 rings (SSSR count). The first-order chi connectivity index (χ1) is 8.54. The number of halogens is 5. The van der Waals surface area contributed by atoms with E-state index in [-0.39, 0.29) is 5.56 Å². The normalized spacial score (nSPS) is 15.1. The van der Waals surface area contributed by atoms with Gasteiger partial charge in [-0.1, -0.05) is 0 Å². The number of amides is 1. The highest BCUT2D eigenvalue weighted by molar-refractivity contribution is 5.85. The lowest BCUT2D eigenvalue weighted by atomic mass is 9.91. The van der Waals surface area contributed by atoms with E-state index in [2.05, 4.69) is 0 Å². The van der Waals surface area contributed by atoms with Gasteiger partial charge in [0.05, 0.1) is 6.54 Å². The SMILES string of the molecule is CC(NCC(F)(F)F)(C(N)=O)c1cc(F)cc(F)c1. The summed E-state index contributed by atoms with van der Waals surface area (Å²) in [5.41, 5.74) is 2.67. The molecule has 0 aromatic heterocycles. The molecule has 0 aliphatic rings. The van der Waals surface area contributed by atoms with Crippen molar-refractivity contribution in [1.29, 1.82) is 0 Å². The molecular weight excluding hydrogens is 271 g/mol. The molecule has 0 spiro atoms. The number of primary amides is 1. The Morgan fingerprint density at radius 3 is 2.05 bits per heavy atom. The summed E-state index contributed by atoms with van der Waals surface area (Å²) in [7, 11) is 0. The lowest BCUT2D eigenvalue weighted by molar-refractivity contribution is -0.135. The van der Waals surface area contributed by atoms with Crippen LogP contribution in [0.5, 0.6) is 0 Å². The highest BCUT2D eigenvalue weighted by atomic mass is 19.4. The minimum Gasteiger partial charge on any atom is -0.368 e. The number of hydrogen-bond acceptors (Lipinski definition) is 2. The number of benzene rings is 1. The fourth-order valence-electron chi connectivity index (χ4n) is 1.45. The Balaban J connectivity index is 3.15. The quantitative estimate of drug-likeness (QED) is 0.828. The first-order valence-electron chi connectivity index (χ1n) is 5.13. The first-order valence-corrected chi connectivity index (χ1v) is 5.13. The molecule has 106 valence electrons. The van der Waals surface area contributed by atoms with Gasteiger partial charge in [-0.3, -0.25) is 10.1 Å². The Morgan fingerprint density at radius 2 is 1.68 bits per heavy atom. The third kappa shape index (κ3) is 3.88. The van der Waals surface area contributed by atoms with Crippen molar-refractivity contribution >= 4 is 5.91 Å². The van der Waals surface area contributed by atoms with Gasteiger partial charge in [-0.25, -0.2) is 8.78 Å². The maximum absolute atomic E-state index is 13.1. The number of alkyl halides is 3. The van der Waals surface area contributed by atoms with Crippen LogP contribution < -0.4 is 11.1 Å². The van der Waals surface area contributed by atoms with Crippen molar-refractivity contribution < 1.29 is 26.7 Å². The van der Waals surface area contributed by atoms with Crippen molar-refractivity contribution in [1.82, 2.24) is 5.32 Å². The van der Waals surface area contributed by atoms with Gasteiger partial charge >= 0.3 is 6.18 Å². The summed E-state index contributed by atoms with van der Waals surface area (Å²) < 4.78 is 62.6. The monoisotopic (exact) mass is 282 g/mol. The smallest absolute Gasteiger partial charge is 0.368 e. The van der Waals surface area contributed by atoms with Crippen LogP contribution in [-0.4, -0.2) is 18.6 Å². The van der Waals surface area contributed by atoms with Gasteiger partial charge in [-0.05, 0) is 24.6 Å². The van der Waals surface area contributed by atoms with Crippen LogP contribution in [0.25, 0.3) is 0 Å². The Labute approximate surface area is 105 Å². The van der Waals surface area contributed by atoms with Crippen LogP contribution in [0.3, 0.4) is 0 Å². The van der Waals surface area contributed by atoms with Crippen molar-refractivity contribution in [3.05, 3.63) is 35.4 Å². The minimum absolute atomic E-state index is 0.318. The fourth-order valence-corrected chi connectivity index (χ4v) is 1.45. The predicted octanol–water partition coefficient (Wildman–Crippen LogP) is 1.82. The number of nitrogens with two attached hydrogens (primary N) is 1. The van der Waals surface area contributed by atoms with Crippen molar-refractivity contribution in [3.63, 3.8) is 0 Å². The lowest BCUT2D eigenvalue weighted by Gasteiger charge is -2.28. The summed E-state index contributed by atoms with van der Waals surface area (Å²) in [5.74, 6) is -3.21. The molecule has 19 heavy (non-hydrogen) atoms. The molecule has 0 fully saturated rings. The standard InChI is InChI=1S/C11H11F5N2O/c1-10(9(17)19,18-5-11(14,15)16)6-2-7(12)4-8(13)3-6/h2-4,18H,5H2,1H3,(H2,17,19). The number of carbonyl (C=O) groups is 1. The third-order valence-corrected chi connectivity index (χ3v) is 2.58. The van der Waals surface area contributed by atoms with Crippen LogP contribution in [0.2, 0.25) is 0 Å². The average Bonchev–Trinajstić information content (AvgIpc) is 2.23. The van der Waals surface area contributed by atoms with E-state index in [0.717, 1.165) is 19.1 Å². The van der Waals surface area contributed by atoms with Crippen molar-refractivity contribution in [2.24, 2.45) is 5.73 Å². The van der Waals surface area contributed by atoms with E-state index in [1.807, 2.05) is 5.32 Å². The molecule has 0 aliphatic carbocycles. The molecule has 1 aromatic rings. The molecule has 0 bridgehead atoms. The van der Waals surface area contributed by atoms with Gasteiger partial charge in [-0.2, -0.15) is 13.2 Å². The lowest BCUT2D eigenvalue weighted by Crippen LogP contribution is -2.53. The summed E-state index contributed by atoms with van der Waals surface area (Å²) >= 11 is 0. The van der Waals surface area contributed by atoms with E-state index in [9.17, 15) is 26.7 Å². The minimum atomic E-state index is -4.59. The molecule has 8 heteroatoms. The molecule has 1 amide bonds. The predicted molar refractivity (Wildman–Crippen MR) is 57.0 cm³/mol. The zero-order chi connectivity index (χ0) is 14.8. The van der Waals surface area contributed by atoms with Crippen molar-refractivity contribution in [2.45, 2.75) is 18.6 Å². The van der Waals surface area contributed by atoms with E-state index in [4.69, 9.17) is 5.73 Å². The second kappa shape index (κ2) is 5.12. The third-order valence-electron chi connectivity index (χ3n) is 2.58. The molecule has 0 saturated carbocycles. The van der Waals surface area contributed by atoms with E-state index in [0.29, 0.717) is 6.07 Å². The van der Waals surface area contributed by atoms with Crippen molar-refractivity contribution in [3.8, 4) is 0 Å². The van der Waals surface area contributed by atoms with Crippen LogP contribution in [0, 0.1) is 11.6 Å². The van der Waals surface area contributed by atoms with Gasteiger partial charge in [0.15, 0.2) is 0 Å². The molecule has 1 unspecified atom stereocenters. The Morgan fingerprint density at radius 1 is 1.21 bits per heavy atom. The fraction of sp³-hybridized carbons (Fsp3) is 0.364. The van der Waals surface area contributed by atoms with E-state index in [1.54, 1.807) is 0 Å². The Hall–Kier alpha value is -1.70. The number of nitrogens with one attached hydrogen (secondary N) is 1. The van der Waals surface area contributed by atoms with E-state index >= 15 is 0 Å². The molecular formula is C11H11F5N2O. The molecule has 0 radical (unpaired) electrons. The second-order valence-corrected chi connectivity index (χ2v) is 4.12. The summed E-state index contributed by atoms with van der Waals surface area (Å²) in [6.45, 7) is -0.500. The highest BCUT2D eigenvalue weighted by Crippen LogP contribution is 2.24. The van der Waals surface area contributed by atoms with E-state index < -0.39 is 35.8 Å². The zero-order valence-electron chi connectivity index (χ0n) is 9.81. The molecule has 3 N–H and O–H groups in total. The summed E-state index contributed by atoms with van der Waals surface area (Å²) in [6, 6.07) is 2.03. The summed E-state index contributed by atoms with van der Waals surface area (Å²) in [4.78, 5) is 11.3. The van der Waals surface area contributed by atoms with Gasteiger partial charge in [-0.15, -0.1) is 0 Å². The number of rotatable bonds is 4. The first kappa shape index (κ1) is 15.4. The molecule has 0 heterocycles. The summed E-state index contributed by atoms with van der Waals surface area (Å²) in [5, 5.41) is 1.87. The van der Waals surface area contributed by atoms with Crippen LogP contribution in [0.1, 0.15) is 12.5 Å². The van der Waals surface area contributed by atoms with Gasteiger partial charge in [0, 0.05) is 6.07 Å². The van der Waals surface area contributed by atoms with Crippen LogP contribution in [-0.2, 0) is 10.3 Å². The van der Waals surface area contributed by atoms with E-state index in [1.165, 1.54) is 0 Å². The van der Waals surface area contributed by atoms with Gasteiger partial charge in [0.25, 0.3) is 0 Å². The molecule has 1 aromatic carbocycles. The zero-order valence-corrected chi connectivity index (χ0v) is 9.81. The van der Waals surface area contributed by atoms with Crippen molar-refractivity contribution in [2.75, 3.05) is 6.54 Å². The average molecular weight is 282 g/mol. The van der Waals surface area contributed by atoms with Gasteiger partial charge in [0.1, 0.15) is 17.2 Å². The molecule has 1 atom stereocenters. The number of carbonyl (C=O) groups excluding carboxylic acids is 1. The summed E-state index contributed by atoms with van der Waals surface area (Å²) in [6.07, 6.45) is -4.59. The maximum Gasteiger partial charge on any atom is 0.401 e. The molecule has 3 nitrogen and oxygen atoms in total. The van der Waals surface area contributed by atoms with Crippen LogP contribution in [0.4, 0.5) is 22.0 Å². The molecule has 0 aliphatic heterocycles. The second-order valence-electron chi connectivity index (χ2n) is 4.12. The largest absolute Gasteiger partial charge is 0.401 e. The Bertz CT molecular complexity index is 468. The highest BCUT2D eigenvalue weighted by Gasteiger charge is 2.38. The number of hydrogen-bond donors (Lipinski definition) is 2.